The van der Waals surface area contributed by atoms with E-state index in [4.69, 9.17) is 0 Å². The van der Waals surface area contributed by atoms with Gasteiger partial charge in [0.05, 0.1) is 0 Å². The van der Waals surface area contributed by atoms with Crippen molar-refractivity contribution >= 4 is 0 Å². The molecule has 0 bridgehead atoms. The lowest BCUT2D eigenvalue weighted by Gasteiger charge is -2.57. The van der Waals surface area contributed by atoms with E-state index in [0.717, 1.165) is 17.8 Å². The summed E-state index contributed by atoms with van der Waals surface area (Å²) in [7, 11) is 0. The van der Waals surface area contributed by atoms with Crippen LogP contribution in [0.3, 0.4) is 0 Å². The molecular weight excluding hydrogens is 144 g/mol. The highest BCUT2D eigenvalue weighted by Gasteiger charge is 2.50. The molecule has 1 aliphatic carbocycles. The zero-order valence-corrected chi connectivity index (χ0v) is 9.35. The van der Waals surface area contributed by atoms with Crippen LogP contribution < -0.4 is 0 Å². The molecule has 0 heteroatoms. The van der Waals surface area contributed by atoms with Crippen molar-refractivity contribution in [3.05, 3.63) is 0 Å². The molecule has 0 aliphatic heterocycles. The third-order valence-electron chi connectivity index (χ3n) is 4.38. The molecule has 0 amide bonds. The van der Waals surface area contributed by atoms with Gasteiger partial charge in [-0.2, -0.15) is 0 Å². The second-order valence-electron chi connectivity index (χ2n) is 4.94. The fourth-order valence-electron chi connectivity index (χ4n) is 3.59. The standard InChI is InChI=1S/C12H24/c1-6-11-10(5)8-12(11,7-2)9(3)4/h9-11H,6-8H2,1-5H3. The average molecular weight is 168 g/mol. The maximum absolute atomic E-state index is 2.42. The Kier molecular flexibility index (Phi) is 2.85. The highest BCUT2D eigenvalue weighted by atomic mass is 14.5. The van der Waals surface area contributed by atoms with Crippen molar-refractivity contribution in [2.45, 2.75) is 53.9 Å². The van der Waals surface area contributed by atoms with Crippen molar-refractivity contribution in [1.29, 1.82) is 0 Å². The van der Waals surface area contributed by atoms with Crippen LogP contribution in [0, 0.1) is 23.2 Å². The van der Waals surface area contributed by atoms with E-state index in [0.29, 0.717) is 5.41 Å². The van der Waals surface area contributed by atoms with Crippen LogP contribution in [0.2, 0.25) is 0 Å². The van der Waals surface area contributed by atoms with E-state index in [1.807, 2.05) is 0 Å². The first-order valence-corrected chi connectivity index (χ1v) is 5.58. The monoisotopic (exact) mass is 168 g/mol. The summed E-state index contributed by atoms with van der Waals surface area (Å²) in [6.07, 6.45) is 4.24. The van der Waals surface area contributed by atoms with E-state index < -0.39 is 0 Å². The largest absolute Gasteiger partial charge is 0.0651 e. The smallest absolute Gasteiger partial charge is 0.0244 e. The van der Waals surface area contributed by atoms with E-state index in [-0.39, 0.29) is 0 Å². The van der Waals surface area contributed by atoms with Crippen LogP contribution in [-0.4, -0.2) is 0 Å². The molecule has 0 heterocycles. The molecule has 1 saturated carbocycles. The highest BCUT2D eigenvalue weighted by Crippen LogP contribution is 2.58. The molecule has 0 nitrogen and oxygen atoms in total. The molecule has 1 aliphatic rings. The first kappa shape index (κ1) is 10.1. The zero-order chi connectivity index (χ0) is 9.35. The Morgan fingerprint density at radius 3 is 2.08 bits per heavy atom. The SMILES string of the molecule is CCC1C(C)CC1(CC)C(C)C. The lowest BCUT2D eigenvalue weighted by molar-refractivity contribution is -0.0782. The number of rotatable bonds is 3. The van der Waals surface area contributed by atoms with Gasteiger partial charge < -0.3 is 0 Å². The Morgan fingerprint density at radius 1 is 1.33 bits per heavy atom. The first-order chi connectivity index (χ1) is 5.58. The molecule has 0 spiro atoms. The molecule has 3 unspecified atom stereocenters. The van der Waals surface area contributed by atoms with Gasteiger partial charge in [0.1, 0.15) is 0 Å². The molecule has 12 heavy (non-hydrogen) atoms. The molecule has 0 radical (unpaired) electrons. The van der Waals surface area contributed by atoms with E-state index >= 15 is 0 Å². The lowest BCUT2D eigenvalue weighted by Crippen LogP contribution is -2.49. The van der Waals surface area contributed by atoms with Crippen molar-refractivity contribution in [2.24, 2.45) is 23.2 Å². The molecule has 0 saturated heterocycles. The summed E-state index contributed by atoms with van der Waals surface area (Å²) in [6.45, 7) is 11.9. The lowest BCUT2D eigenvalue weighted by atomic mass is 9.48. The van der Waals surface area contributed by atoms with E-state index in [1.165, 1.54) is 19.3 Å². The van der Waals surface area contributed by atoms with Crippen LogP contribution in [0.4, 0.5) is 0 Å². The summed E-state index contributed by atoms with van der Waals surface area (Å²) in [6, 6.07) is 0. The third kappa shape index (κ3) is 1.20. The van der Waals surface area contributed by atoms with E-state index in [2.05, 4.69) is 34.6 Å². The summed E-state index contributed by atoms with van der Waals surface area (Å²) in [5, 5.41) is 0. The fourth-order valence-corrected chi connectivity index (χ4v) is 3.59. The van der Waals surface area contributed by atoms with E-state index in [1.54, 1.807) is 0 Å². The second-order valence-corrected chi connectivity index (χ2v) is 4.94. The molecule has 0 aromatic heterocycles. The highest BCUT2D eigenvalue weighted by molar-refractivity contribution is 4.99. The van der Waals surface area contributed by atoms with Crippen LogP contribution in [-0.2, 0) is 0 Å². The predicted octanol–water partition coefficient (Wildman–Crippen LogP) is 4.10. The van der Waals surface area contributed by atoms with Crippen LogP contribution in [0.1, 0.15) is 53.9 Å². The van der Waals surface area contributed by atoms with Gasteiger partial charge in [-0.15, -0.1) is 0 Å². The van der Waals surface area contributed by atoms with Crippen molar-refractivity contribution in [2.75, 3.05) is 0 Å². The van der Waals surface area contributed by atoms with Gasteiger partial charge in [-0.3, -0.25) is 0 Å². The normalized spacial score (nSPS) is 41.5. The minimum Gasteiger partial charge on any atom is -0.0651 e. The predicted molar refractivity (Wildman–Crippen MR) is 55.1 cm³/mol. The molecular formula is C12H24. The summed E-state index contributed by atoms with van der Waals surface area (Å²) in [5.74, 6) is 2.86. The minimum atomic E-state index is 0.703. The molecule has 3 atom stereocenters. The summed E-state index contributed by atoms with van der Waals surface area (Å²) < 4.78 is 0. The summed E-state index contributed by atoms with van der Waals surface area (Å²) in [5.41, 5.74) is 0.703. The Balaban J connectivity index is 2.70. The van der Waals surface area contributed by atoms with Gasteiger partial charge in [-0.1, -0.05) is 41.0 Å². The minimum absolute atomic E-state index is 0.703. The average Bonchev–Trinajstić information content (AvgIpc) is 1.99. The third-order valence-corrected chi connectivity index (χ3v) is 4.38. The maximum atomic E-state index is 2.42. The molecule has 0 aromatic rings. The van der Waals surface area contributed by atoms with Gasteiger partial charge >= 0.3 is 0 Å². The Morgan fingerprint density at radius 2 is 1.92 bits per heavy atom. The Labute approximate surface area is 77.7 Å². The molecule has 0 aromatic carbocycles. The zero-order valence-electron chi connectivity index (χ0n) is 9.35. The molecule has 1 fully saturated rings. The van der Waals surface area contributed by atoms with Gasteiger partial charge in [0.2, 0.25) is 0 Å². The van der Waals surface area contributed by atoms with E-state index in [9.17, 15) is 0 Å². The van der Waals surface area contributed by atoms with Crippen molar-refractivity contribution in [3.8, 4) is 0 Å². The molecule has 72 valence electrons. The first-order valence-electron chi connectivity index (χ1n) is 5.58. The second kappa shape index (κ2) is 3.40. The Hall–Kier alpha value is 0. The van der Waals surface area contributed by atoms with Gasteiger partial charge in [0.25, 0.3) is 0 Å². The molecule has 0 N–H and O–H groups in total. The molecule has 1 rings (SSSR count). The summed E-state index contributed by atoms with van der Waals surface area (Å²) in [4.78, 5) is 0. The number of hydrogen-bond donors (Lipinski definition) is 0. The van der Waals surface area contributed by atoms with Gasteiger partial charge in [-0.25, -0.2) is 0 Å². The fraction of sp³-hybridized carbons (Fsp3) is 1.00. The van der Waals surface area contributed by atoms with Crippen molar-refractivity contribution in [3.63, 3.8) is 0 Å². The van der Waals surface area contributed by atoms with Crippen molar-refractivity contribution in [1.82, 2.24) is 0 Å². The van der Waals surface area contributed by atoms with Crippen molar-refractivity contribution < 1.29 is 0 Å². The van der Waals surface area contributed by atoms with Gasteiger partial charge in [0, 0.05) is 0 Å². The quantitative estimate of drug-likeness (QED) is 0.595. The maximum Gasteiger partial charge on any atom is -0.0244 e. The summed E-state index contributed by atoms with van der Waals surface area (Å²) >= 11 is 0. The van der Waals surface area contributed by atoms with Gasteiger partial charge in [-0.05, 0) is 36.0 Å². The number of hydrogen-bond acceptors (Lipinski definition) is 0. The van der Waals surface area contributed by atoms with Crippen LogP contribution in [0.15, 0.2) is 0 Å². The topological polar surface area (TPSA) is 0 Å². The van der Waals surface area contributed by atoms with Gasteiger partial charge in [0.15, 0.2) is 0 Å². The Bertz CT molecular complexity index is 148. The van der Waals surface area contributed by atoms with Crippen LogP contribution in [0.5, 0.6) is 0 Å². The van der Waals surface area contributed by atoms with Crippen LogP contribution >= 0.6 is 0 Å². The van der Waals surface area contributed by atoms with Crippen LogP contribution in [0.25, 0.3) is 0 Å².